The Labute approximate surface area is 346 Å². The van der Waals surface area contributed by atoms with Crippen LogP contribution < -0.4 is 15.7 Å². The van der Waals surface area contributed by atoms with E-state index in [2.05, 4.69) is 196 Å². The maximum Gasteiger partial charge on any atom is 0.333 e. The highest BCUT2D eigenvalue weighted by Gasteiger charge is 2.48. The lowest BCUT2D eigenvalue weighted by Gasteiger charge is -2.43. The van der Waals surface area contributed by atoms with Gasteiger partial charge in [-0.1, -0.05) is 150 Å². The number of fused-ring (bicyclic) bond motifs is 12. The van der Waals surface area contributed by atoms with Gasteiger partial charge in [0.25, 0.3) is 0 Å². The highest BCUT2D eigenvalue weighted by Crippen LogP contribution is 2.54. The molecule has 0 saturated carbocycles. The third kappa shape index (κ3) is 4.62. The fourth-order valence-electron chi connectivity index (χ4n) is 11.7. The van der Waals surface area contributed by atoms with E-state index >= 15 is 0 Å². The molecule has 7 aromatic rings. The fourth-order valence-corrected chi connectivity index (χ4v) is 11.7. The molecule has 0 amide bonds. The average Bonchev–Trinajstić information content (AvgIpc) is 3.62. The van der Waals surface area contributed by atoms with Gasteiger partial charge in [0.1, 0.15) is 0 Å². The van der Waals surface area contributed by atoms with Crippen molar-refractivity contribution in [3.05, 3.63) is 137 Å². The monoisotopic (exact) mass is 756 g/mol. The summed E-state index contributed by atoms with van der Waals surface area (Å²) in [6.07, 6.45) is 2.39. The first-order valence-electron chi connectivity index (χ1n) is 21.8. The summed E-state index contributed by atoms with van der Waals surface area (Å²) in [5.74, 6) is 0. The van der Waals surface area contributed by atoms with Crippen LogP contribution in [0, 0.1) is 0 Å². The molecule has 3 heterocycles. The predicted octanol–water partition coefficient (Wildman–Crippen LogP) is 13.3. The average molecular weight is 757 g/mol. The second-order valence-electron chi connectivity index (χ2n) is 22.1. The van der Waals surface area contributed by atoms with Crippen molar-refractivity contribution in [2.75, 3.05) is 4.81 Å². The van der Waals surface area contributed by atoms with Gasteiger partial charge >= 0.3 is 6.85 Å². The minimum atomic E-state index is -0.116. The second-order valence-corrected chi connectivity index (χ2v) is 22.1. The van der Waals surface area contributed by atoms with Crippen LogP contribution in [0.15, 0.2) is 103 Å². The fraction of sp³-hybridized carbons (Fsp3) is 0.345. The maximum absolute atomic E-state index is 2.74. The Morgan fingerprint density at radius 1 is 0.552 bits per heavy atom. The molecule has 0 unspecified atom stereocenters. The van der Waals surface area contributed by atoms with Crippen LogP contribution in [0.4, 0.5) is 11.4 Å². The highest BCUT2D eigenvalue weighted by molar-refractivity contribution is 6.93. The van der Waals surface area contributed by atoms with E-state index in [0.717, 1.165) is 0 Å². The summed E-state index contributed by atoms with van der Waals surface area (Å²) in [7, 11) is 0. The van der Waals surface area contributed by atoms with Gasteiger partial charge in [-0.05, 0) is 132 Å². The van der Waals surface area contributed by atoms with E-state index in [1.54, 1.807) is 0 Å². The van der Waals surface area contributed by atoms with E-state index in [1.807, 2.05) is 0 Å². The molecule has 1 aromatic heterocycles. The highest BCUT2D eigenvalue weighted by atomic mass is 15.1. The van der Waals surface area contributed by atoms with Gasteiger partial charge in [0.15, 0.2) is 0 Å². The van der Waals surface area contributed by atoms with Crippen LogP contribution in [-0.2, 0) is 27.1 Å². The van der Waals surface area contributed by atoms with Gasteiger partial charge in [-0.3, -0.25) is 0 Å². The molecular formula is C55H57BN2. The van der Waals surface area contributed by atoms with E-state index < -0.39 is 0 Å². The summed E-state index contributed by atoms with van der Waals surface area (Å²) in [4.78, 5) is 2.69. The van der Waals surface area contributed by atoms with Crippen molar-refractivity contribution in [1.29, 1.82) is 0 Å². The number of nitrogens with zero attached hydrogens (tertiary/aromatic N) is 2. The molecule has 0 atom stereocenters. The molecule has 0 fully saturated rings. The van der Waals surface area contributed by atoms with Crippen molar-refractivity contribution in [2.45, 2.75) is 123 Å². The van der Waals surface area contributed by atoms with Crippen molar-refractivity contribution in [3.8, 4) is 27.9 Å². The zero-order chi connectivity index (χ0) is 40.6. The molecule has 2 nitrogen and oxygen atoms in total. The van der Waals surface area contributed by atoms with Gasteiger partial charge in [-0.2, -0.15) is 0 Å². The van der Waals surface area contributed by atoms with Gasteiger partial charge in [-0.15, -0.1) is 0 Å². The van der Waals surface area contributed by atoms with Gasteiger partial charge in [0.2, 0.25) is 0 Å². The van der Waals surface area contributed by atoms with Crippen LogP contribution in [0.2, 0.25) is 0 Å². The maximum atomic E-state index is 2.74. The Bertz CT molecular complexity index is 2940. The molecule has 11 rings (SSSR count). The first-order chi connectivity index (χ1) is 27.3. The molecule has 58 heavy (non-hydrogen) atoms. The van der Waals surface area contributed by atoms with Gasteiger partial charge < -0.3 is 9.38 Å². The number of hydrogen-bond acceptors (Lipinski definition) is 1. The first kappa shape index (κ1) is 36.1. The minimum absolute atomic E-state index is 0.0129. The third-order valence-corrected chi connectivity index (χ3v) is 15.1. The number of anilines is 2. The Hall–Kier alpha value is -5.02. The second kappa shape index (κ2) is 11.2. The molecule has 0 N–H and O–H groups in total. The van der Waals surface area contributed by atoms with Crippen molar-refractivity contribution in [3.63, 3.8) is 0 Å². The Kier molecular flexibility index (Phi) is 6.95. The molecule has 4 aliphatic rings. The summed E-state index contributed by atoms with van der Waals surface area (Å²) >= 11 is 0. The Balaban J connectivity index is 1.35. The quantitative estimate of drug-likeness (QED) is 0.151. The number of aromatic nitrogens is 1. The zero-order valence-corrected chi connectivity index (χ0v) is 36.7. The van der Waals surface area contributed by atoms with Crippen LogP contribution >= 0.6 is 0 Å². The Morgan fingerprint density at radius 3 is 1.86 bits per heavy atom. The number of hydrogen-bond donors (Lipinski definition) is 0. The topological polar surface area (TPSA) is 8.17 Å². The van der Waals surface area contributed by atoms with Crippen LogP contribution in [0.5, 0.6) is 0 Å². The molecule has 3 heteroatoms. The summed E-state index contributed by atoms with van der Waals surface area (Å²) in [5, 5.41) is 2.84. The summed E-state index contributed by atoms with van der Waals surface area (Å²) in [6.45, 7) is 29.0. The lowest BCUT2D eigenvalue weighted by molar-refractivity contribution is 0.332. The lowest BCUT2D eigenvalue weighted by atomic mass is 9.43. The van der Waals surface area contributed by atoms with Crippen molar-refractivity contribution >= 4 is 51.0 Å². The molecular weight excluding hydrogens is 699 g/mol. The van der Waals surface area contributed by atoms with E-state index in [0.29, 0.717) is 0 Å². The molecule has 290 valence electrons. The predicted molar refractivity (Wildman–Crippen MR) is 250 cm³/mol. The Morgan fingerprint density at radius 2 is 1.19 bits per heavy atom. The van der Waals surface area contributed by atoms with E-state index in [4.69, 9.17) is 0 Å². The van der Waals surface area contributed by atoms with Crippen LogP contribution in [0.25, 0.3) is 49.7 Å². The molecule has 6 aromatic carbocycles. The molecule has 2 aliphatic carbocycles. The van der Waals surface area contributed by atoms with E-state index in [9.17, 15) is 0 Å². The number of benzene rings is 6. The molecule has 2 aliphatic heterocycles. The summed E-state index contributed by atoms with van der Waals surface area (Å²) in [6, 6.07) is 41.0. The number of para-hydroxylation sites is 1. The SMILES string of the molecule is CC(C)(C)c1ccc(N2B3c4cc5c(cc4-n4c6cc7c(cc6c6c(C(C)(C)C)cc(c3c64)-c3ccccc32)C(C)(C)CCC7(C)C)-c2ccccc2C5(C)C)cc1. The van der Waals surface area contributed by atoms with Gasteiger partial charge in [0.05, 0.1) is 11.0 Å². The third-order valence-electron chi connectivity index (χ3n) is 15.1. The van der Waals surface area contributed by atoms with Crippen molar-refractivity contribution in [2.24, 2.45) is 0 Å². The van der Waals surface area contributed by atoms with Crippen LogP contribution in [0.3, 0.4) is 0 Å². The molecule has 0 bridgehead atoms. The van der Waals surface area contributed by atoms with E-state index in [1.165, 1.54) is 118 Å². The smallest absolute Gasteiger partial charge is 0.333 e. The normalized spacial score (nSPS) is 17.9. The van der Waals surface area contributed by atoms with Gasteiger partial charge in [-0.25, -0.2) is 0 Å². The van der Waals surface area contributed by atoms with E-state index in [-0.39, 0.29) is 33.9 Å². The lowest BCUT2D eigenvalue weighted by Crippen LogP contribution is -2.61. The van der Waals surface area contributed by atoms with Crippen LogP contribution in [0.1, 0.15) is 129 Å². The van der Waals surface area contributed by atoms with Crippen molar-refractivity contribution in [1.82, 2.24) is 4.57 Å². The van der Waals surface area contributed by atoms with Crippen molar-refractivity contribution < 1.29 is 0 Å². The molecule has 0 radical (unpaired) electrons. The van der Waals surface area contributed by atoms with Gasteiger partial charge in [0, 0.05) is 38.8 Å². The molecule has 0 saturated heterocycles. The largest absolute Gasteiger partial charge is 0.376 e. The number of rotatable bonds is 1. The molecule has 0 spiro atoms. The first-order valence-corrected chi connectivity index (χ1v) is 21.8. The zero-order valence-electron chi connectivity index (χ0n) is 36.7. The summed E-state index contributed by atoms with van der Waals surface area (Å²) in [5.41, 5.74) is 23.6. The summed E-state index contributed by atoms with van der Waals surface area (Å²) < 4.78 is 2.74. The minimum Gasteiger partial charge on any atom is -0.376 e. The standard InChI is InChI=1S/C55H57BN2/c1-51(2,3)32-21-23-33(24-22-32)58-45-20-16-14-18-35(45)37-27-43(52(4,5)6)48-38-28-41-42(54(9,10)26-25-53(41,7)8)31-46(38)57-47-29-36-34-17-13-15-19-39(34)55(11,12)40(36)30-44(47)56(58)49(37)50(48)57/h13-24,27-31H,25-26H2,1-12H3. The van der Waals surface area contributed by atoms with Crippen LogP contribution in [-0.4, -0.2) is 11.4 Å².